The van der Waals surface area contributed by atoms with E-state index in [0.29, 0.717) is 6.07 Å². The fourth-order valence-electron chi connectivity index (χ4n) is 2.09. The van der Waals surface area contributed by atoms with Crippen LogP contribution in [0.3, 0.4) is 0 Å². The van der Waals surface area contributed by atoms with Crippen molar-refractivity contribution < 1.29 is 22.8 Å². The van der Waals surface area contributed by atoms with Gasteiger partial charge in [-0.3, -0.25) is 10.1 Å². The third-order valence-electron chi connectivity index (χ3n) is 3.50. The van der Waals surface area contributed by atoms with Gasteiger partial charge < -0.3 is 4.74 Å². The van der Waals surface area contributed by atoms with Crippen LogP contribution in [0.15, 0.2) is 36.4 Å². The Kier molecular flexibility index (Phi) is 4.99. The lowest BCUT2D eigenvalue weighted by atomic mass is 9.87. The molecule has 0 fully saturated rings. The highest BCUT2D eigenvalue weighted by Gasteiger charge is 2.33. The van der Waals surface area contributed by atoms with Crippen LogP contribution in [0.1, 0.15) is 31.9 Å². The van der Waals surface area contributed by atoms with Crippen LogP contribution in [0.5, 0.6) is 11.5 Å². The van der Waals surface area contributed by atoms with E-state index in [-0.39, 0.29) is 21.9 Å². The average Bonchev–Trinajstić information content (AvgIpc) is 2.47. The molecule has 0 aliphatic carbocycles. The van der Waals surface area contributed by atoms with E-state index >= 15 is 0 Å². The summed E-state index contributed by atoms with van der Waals surface area (Å²) < 4.78 is 43.6. The molecule has 0 bridgehead atoms. The Labute approximate surface area is 147 Å². The zero-order valence-electron chi connectivity index (χ0n) is 13.6. The first-order valence-corrected chi connectivity index (χ1v) is 7.61. The molecule has 0 heterocycles. The van der Waals surface area contributed by atoms with Gasteiger partial charge in [-0.1, -0.05) is 38.4 Å². The maximum Gasteiger partial charge on any atom is 0.416 e. The summed E-state index contributed by atoms with van der Waals surface area (Å²) in [5.74, 6) is -0.194. The van der Waals surface area contributed by atoms with Crippen molar-refractivity contribution in [3.63, 3.8) is 0 Å². The van der Waals surface area contributed by atoms with Gasteiger partial charge in [0.2, 0.25) is 5.75 Å². The van der Waals surface area contributed by atoms with Crippen LogP contribution in [0.4, 0.5) is 18.9 Å². The predicted molar refractivity (Wildman–Crippen MR) is 88.3 cm³/mol. The van der Waals surface area contributed by atoms with Gasteiger partial charge in [0.1, 0.15) is 5.75 Å². The molecular formula is C17H15ClF3NO3. The van der Waals surface area contributed by atoms with Gasteiger partial charge in [0.05, 0.1) is 15.5 Å². The molecule has 0 atom stereocenters. The fourth-order valence-corrected chi connectivity index (χ4v) is 2.31. The Morgan fingerprint density at radius 2 is 1.56 bits per heavy atom. The Morgan fingerprint density at radius 1 is 1.00 bits per heavy atom. The summed E-state index contributed by atoms with van der Waals surface area (Å²) in [5.41, 5.74) is -1.15. The third-order valence-corrected chi connectivity index (χ3v) is 3.80. The van der Waals surface area contributed by atoms with E-state index in [1.165, 1.54) is 6.07 Å². The van der Waals surface area contributed by atoms with Crippen LogP contribution in [0.25, 0.3) is 0 Å². The number of ether oxygens (including phenoxy) is 1. The molecule has 2 rings (SSSR count). The molecule has 0 N–H and O–H groups in total. The lowest BCUT2D eigenvalue weighted by Crippen LogP contribution is -2.10. The minimum Gasteiger partial charge on any atom is -0.449 e. The molecule has 0 amide bonds. The minimum atomic E-state index is -4.69. The van der Waals surface area contributed by atoms with Gasteiger partial charge in [0.15, 0.2) is 0 Å². The Balaban J connectivity index is 2.42. The molecule has 2 aromatic carbocycles. The number of nitrogens with zero attached hydrogens (tertiary/aromatic N) is 1. The molecule has 0 unspecified atom stereocenters. The quantitative estimate of drug-likeness (QED) is 0.464. The van der Waals surface area contributed by atoms with E-state index < -0.39 is 22.4 Å². The lowest BCUT2D eigenvalue weighted by Gasteiger charge is -2.20. The smallest absolute Gasteiger partial charge is 0.416 e. The summed E-state index contributed by atoms with van der Waals surface area (Å²) in [6, 6.07) is 7.01. The first-order chi connectivity index (χ1) is 11.4. The molecule has 4 nitrogen and oxygen atoms in total. The van der Waals surface area contributed by atoms with Crippen LogP contribution in [-0.2, 0) is 11.6 Å². The number of rotatable bonds is 3. The molecule has 0 saturated carbocycles. The summed E-state index contributed by atoms with van der Waals surface area (Å²) in [7, 11) is 0. The number of alkyl halides is 3. The van der Waals surface area contributed by atoms with Crippen molar-refractivity contribution in [3.8, 4) is 11.5 Å². The van der Waals surface area contributed by atoms with Crippen LogP contribution in [0.2, 0.25) is 5.02 Å². The van der Waals surface area contributed by atoms with Gasteiger partial charge in [0, 0.05) is 6.07 Å². The molecule has 0 spiro atoms. The Hall–Kier alpha value is -2.28. The molecule has 0 aliphatic rings. The number of nitro groups is 1. The maximum absolute atomic E-state index is 12.7. The Bertz CT molecular complexity index is 814. The molecular weight excluding hydrogens is 359 g/mol. The van der Waals surface area contributed by atoms with Crippen LogP contribution in [-0.4, -0.2) is 4.92 Å². The van der Waals surface area contributed by atoms with Crippen molar-refractivity contribution in [2.75, 3.05) is 0 Å². The molecule has 134 valence electrons. The van der Waals surface area contributed by atoms with E-state index in [4.69, 9.17) is 16.3 Å². The maximum atomic E-state index is 12.7. The zero-order chi connectivity index (χ0) is 19.0. The Morgan fingerprint density at radius 3 is 2.04 bits per heavy atom. The van der Waals surface area contributed by atoms with Gasteiger partial charge in [0.25, 0.3) is 0 Å². The van der Waals surface area contributed by atoms with Crippen molar-refractivity contribution in [1.82, 2.24) is 0 Å². The van der Waals surface area contributed by atoms with E-state index in [2.05, 4.69) is 0 Å². The summed E-state index contributed by atoms with van der Waals surface area (Å²) >= 11 is 6.15. The molecule has 2 aromatic rings. The zero-order valence-corrected chi connectivity index (χ0v) is 14.4. The second-order valence-corrected chi connectivity index (χ2v) is 6.84. The number of hydrogen-bond acceptors (Lipinski definition) is 3. The SMILES string of the molecule is CC(C)(C)c1ccc(Oc2ccc(C(F)(F)F)cc2[N+](=O)[O-])c(Cl)c1. The first kappa shape index (κ1) is 19.1. The van der Waals surface area contributed by atoms with Gasteiger partial charge in [-0.25, -0.2) is 0 Å². The van der Waals surface area contributed by atoms with E-state index in [0.717, 1.165) is 17.7 Å². The highest BCUT2D eigenvalue weighted by atomic mass is 35.5. The van der Waals surface area contributed by atoms with Crippen molar-refractivity contribution in [3.05, 3.63) is 62.7 Å². The topological polar surface area (TPSA) is 52.4 Å². The van der Waals surface area contributed by atoms with E-state index in [1.807, 2.05) is 20.8 Å². The summed E-state index contributed by atoms with van der Waals surface area (Å²) in [5, 5.41) is 11.3. The van der Waals surface area contributed by atoms with Crippen molar-refractivity contribution in [2.45, 2.75) is 32.4 Å². The number of hydrogen-bond donors (Lipinski definition) is 0. The first-order valence-electron chi connectivity index (χ1n) is 7.23. The number of halogens is 4. The standard InChI is InChI=1S/C17H15ClF3NO3/c1-16(2,3)10-4-6-14(12(18)8-10)25-15-7-5-11(17(19,20)21)9-13(15)22(23)24/h4-9H,1-3H3. The molecule has 8 heteroatoms. The fraction of sp³-hybridized carbons (Fsp3) is 0.294. The summed E-state index contributed by atoms with van der Waals surface area (Å²) in [6.07, 6.45) is -4.69. The van der Waals surface area contributed by atoms with Crippen molar-refractivity contribution >= 4 is 17.3 Å². The number of nitro benzene ring substituents is 1. The monoisotopic (exact) mass is 373 g/mol. The van der Waals surface area contributed by atoms with Crippen molar-refractivity contribution in [2.24, 2.45) is 0 Å². The second kappa shape index (κ2) is 6.55. The largest absolute Gasteiger partial charge is 0.449 e. The summed E-state index contributed by atoms with van der Waals surface area (Å²) in [6.45, 7) is 5.96. The molecule has 0 aliphatic heterocycles. The van der Waals surface area contributed by atoms with E-state index in [9.17, 15) is 23.3 Å². The predicted octanol–water partition coefficient (Wildman–Crippen LogP) is 6.36. The van der Waals surface area contributed by atoms with E-state index in [1.54, 1.807) is 12.1 Å². The van der Waals surface area contributed by atoms with Gasteiger partial charge in [-0.05, 0) is 35.2 Å². The van der Waals surface area contributed by atoms with Crippen LogP contribution in [0, 0.1) is 10.1 Å². The van der Waals surface area contributed by atoms with Gasteiger partial charge in [-0.2, -0.15) is 13.2 Å². The number of benzene rings is 2. The molecule has 0 aromatic heterocycles. The lowest BCUT2D eigenvalue weighted by molar-refractivity contribution is -0.385. The van der Waals surface area contributed by atoms with Crippen LogP contribution >= 0.6 is 11.6 Å². The molecule has 0 radical (unpaired) electrons. The summed E-state index contributed by atoms with van der Waals surface area (Å²) in [4.78, 5) is 10.2. The van der Waals surface area contributed by atoms with Gasteiger partial charge in [-0.15, -0.1) is 0 Å². The van der Waals surface area contributed by atoms with Crippen molar-refractivity contribution in [1.29, 1.82) is 0 Å². The minimum absolute atomic E-state index is 0.123. The van der Waals surface area contributed by atoms with Crippen LogP contribution < -0.4 is 4.74 Å². The third kappa shape index (κ3) is 4.42. The second-order valence-electron chi connectivity index (χ2n) is 6.43. The van der Waals surface area contributed by atoms with Gasteiger partial charge >= 0.3 is 11.9 Å². The highest BCUT2D eigenvalue weighted by molar-refractivity contribution is 6.32. The average molecular weight is 374 g/mol. The normalized spacial score (nSPS) is 12.1. The molecule has 25 heavy (non-hydrogen) atoms. The molecule has 0 saturated heterocycles. The highest BCUT2D eigenvalue weighted by Crippen LogP contribution is 2.40.